The lowest BCUT2D eigenvalue weighted by molar-refractivity contribution is 0.456. The summed E-state index contributed by atoms with van der Waals surface area (Å²) in [5.41, 5.74) is 4.35. The number of nitrogens with zero attached hydrogens (tertiary/aromatic N) is 5. The van der Waals surface area contributed by atoms with Crippen molar-refractivity contribution in [3.8, 4) is 22.9 Å². The molecule has 1 aliphatic rings. The van der Waals surface area contributed by atoms with E-state index in [1.807, 2.05) is 49.4 Å². The van der Waals surface area contributed by atoms with Gasteiger partial charge in [0.05, 0.1) is 11.9 Å². The van der Waals surface area contributed by atoms with Gasteiger partial charge in [-0.05, 0) is 41.7 Å². The molecule has 216 valence electrons. The van der Waals surface area contributed by atoms with Crippen LogP contribution in [0.2, 0.25) is 0 Å². The highest BCUT2D eigenvalue weighted by molar-refractivity contribution is 7.92. The number of rotatable bonds is 8. The van der Waals surface area contributed by atoms with Gasteiger partial charge in [0.1, 0.15) is 10.6 Å². The highest BCUT2D eigenvalue weighted by Crippen LogP contribution is 2.38. The van der Waals surface area contributed by atoms with Gasteiger partial charge in [-0.15, -0.1) is 0 Å². The Bertz CT molecular complexity index is 1620. The van der Waals surface area contributed by atoms with E-state index in [4.69, 9.17) is 9.72 Å². The molecule has 41 heavy (non-hydrogen) atoms. The number of benzene rings is 2. The molecule has 0 aliphatic carbocycles. The molecule has 2 aromatic carbocycles. The van der Waals surface area contributed by atoms with Crippen molar-refractivity contribution in [1.82, 2.24) is 25.1 Å². The molecule has 3 heterocycles. The Morgan fingerprint density at radius 1 is 1.02 bits per heavy atom. The molecule has 0 radical (unpaired) electrons. The molecule has 0 atom stereocenters. The largest absolute Gasteiger partial charge is 0.439 e. The zero-order valence-electron chi connectivity index (χ0n) is 24.2. The minimum Gasteiger partial charge on any atom is -0.439 e. The molecule has 1 saturated heterocycles. The molecular weight excluding hydrogens is 538 g/mol. The Morgan fingerprint density at radius 2 is 1.73 bits per heavy atom. The lowest BCUT2D eigenvalue weighted by Gasteiger charge is -2.29. The molecule has 0 bridgehead atoms. The summed E-state index contributed by atoms with van der Waals surface area (Å²) >= 11 is 0. The Hall–Kier alpha value is -3.96. The molecule has 11 heteroatoms. The van der Waals surface area contributed by atoms with E-state index < -0.39 is 10.0 Å². The first kappa shape index (κ1) is 28.6. The summed E-state index contributed by atoms with van der Waals surface area (Å²) in [5.74, 6) is 0.839. The molecule has 0 saturated carbocycles. The van der Waals surface area contributed by atoms with E-state index in [0.29, 0.717) is 23.7 Å². The standard InChI is InChI=1S/C30H37N7O3S/c1-6-24-27(25-9-7-8-10-26(25)30(2,3)4)33-29(35-41(38,39)23-19-32-36(5)20-23)34-28(24)40-22-13-11-21(12-14-22)37-17-15-31-16-18-37/h7-14,19-20,31H,6,15-18H2,1-5H3,(H,33,34,35). The maximum Gasteiger partial charge on any atom is 0.267 e. The van der Waals surface area contributed by atoms with E-state index in [0.717, 1.165) is 48.6 Å². The third kappa shape index (κ3) is 6.36. The highest BCUT2D eigenvalue weighted by atomic mass is 32.2. The van der Waals surface area contributed by atoms with Crippen LogP contribution >= 0.6 is 0 Å². The van der Waals surface area contributed by atoms with Crippen LogP contribution in [-0.4, -0.2) is 54.3 Å². The van der Waals surface area contributed by atoms with Crippen LogP contribution in [-0.2, 0) is 28.9 Å². The number of anilines is 2. The molecule has 5 rings (SSSR count). The van der Waals surface area contributed by atoms with Crippen molar-refractivity contribution in [2.45, 2.75) is 44.4 Å². The van der Waals surface area contributed by atoms with Crippen LogP contribution in [0.4, 0.5) is 11.6 Å². The van der Waals surface area contributed by atoms with Crippen molar-refractivity contribution < 1.29 is 13.2 Å². The van der Waals surface area contributed by atoms with Crippen LogP contribution < -0.4 is 19.7 Å². The number of nitrogens with one attached hydrogen (secondary N) is 2. The second kappa shape index (κ2) is 11.5. The van der Waals surface area contributed by atoms with Gasteiger partial charge in [0.25, 0.3) is 10.0 Å². The molecule has 1 aliphatic heterocycles. The highest BCUT2D eigenvalue weighted by Gasteiger charge is 2.26. The minimum absolute atomic E-state index is 0.0192. The molecule has 4 aromatic rings. The van der Waals surface area contributed by atoms with Gasteiger partial charge >= 0.3 is 0 Å². The SMILES string of the molecule is CCc1c(Oc2ccc(N3CCNCC3)cc2)nc(NS(=O)(=O)c2cnn(C)c2)nc1-c1ccccc1C(C)(C)C. The van der Waals surface area contributed by atoms with Crippen LogP contribution in [0, 0.1) is 0 Å². The number of aromatic nitrogens is 4. The normalized spacial score (nSPS) is 14.2. The molecule has 0 spiro atoms. The molecule has 10 nitrogen and oxygen atoms in total. The Labute approximate surface area is 241 Å². The second-order valence-electron chi connectivity index (χ2n) is 11.1. The summed E-state index contributed by atoms with van der Waals surface area (Å²) in [6, 6.07) is 16.0. The first-order valence-corrected chi connectivity index (χ1v) is 15.3. The number of piperazine rings is 1. The van der Waals surface area contributed by atoms with Gasteiger partial charge in [-0.1, -0.05) is 52.0 Å². The number of hydrogen-bond donors (Lipinski definition) is 2. The van der Waals surface area contributed by atoms with Crippen molar-refractivity contribution in [3.05, 3.63) is 72.1 Å². The van der Waals surface area contributed by atoms with Gasteiger partial charge in [-0.3, -0.25) is 4.68 Å². The Morgan fingerprint density at radius 3 is 2.37 bits per heavy atom. The predicted octanol–water partition coefficient (Wildman–Crippen LogP) is 4.74. The van der Waals surface area contributed by atoms with Crippen molar-refractivity contribution in [1.29, 1.82) is 0 Å². The lowest BCUT2D eigenvalue weighted by atomic mass is 9.82. The first-order chi connectivity index (χ1) is 19.5. The zero-order chi connectivity index (χ0) is 29.2. The van der Waals surface area contributed by atoms with Gasteiger partial charge in [-0.2, -0.15) is 10.1 Å². The van der Waals surface area contributed by atoms with E-state index in [2.05, 4.69) is 51.9 Å². The maximum absolute atomic E-state index is 13.2. The number of ether oxygens (including phenoxy) is 1. The molecule has 0 amide bonds. The fraction of sp³-hybridized carbons (Fsp3) is 0.367. The van der Waals surface area contributed by atoms with E-state index in [1.165, 1.54) is 17.1 Å². The van der Waals surface area contributed by atoms with Crippen LogP contribution in [0.5, 0.6) is 11.6 Å². The number of hydrogen-bond acceptors (Lipinski definition) is 8. The maximum atomic E-state index is 13.2. The fourth-order valence-corrected chi connectivity index (χ4v) is 5.88. The Kier molecular flexibility index (Phi) is 8.01. The topological polar surface area (TPSA) is 114 Å². The van der Waals surface area contributed by atoms with Crippen LogP contribution in [0.25, 0.3) is 11.3 Å². The third-order valence-electron chi connectivity index (χ3n) is 7.06. The zero-order valence-corrected chi connectivity index (χ0v) is 25.0. The van der Waals surface area contributed by atoms with Crippen LogP contribution in [0.3, 0.4) is 0 Å². The summed E-state index contributed by atoms with van der Waals surface area (Å²) in [6.07, 6.45) is 3.30. The van der Waals surface area contributed by atoms with E-state index in [9.17, 15) is 8.42 Å². The molecule has 2 N–H and O–H groups in total. The quantitative estimate of drug-likeness (QED) is 0.310. The fourth-order valence-electron chi connectivity index (χ4n) is 4.95. The number of sulfonamides is 1. The van der Waals surface area contributed by atoms with Gasteiger partial charge in [0.2, 0.25) is 11.8 Å². The third-order valence-corrected chi connectivity index (χ3v) is 8.35. The molecule has 2 aromatic heterocycles. The van der Waals surface area contributed by atoms with Crippen molar-refractivity contribution in [2.24, 2.45) is 7.05 Å². The van der Waals surface area contributed by atoms with Gasteiger partial charge in [0, 0.05) is 56.2 Å². The second-order valence-corrected chi connectivity index (χ2v) is 12.8. The molecular formula is C30H37N7O3S. The Balaban J connectivity index is 1.59. The first-order valence-electron chi connectivity index (χ1n) is 13.8. The van der Waals surface area contributed by atoms with Gasteiger partial charge in [0.15, 0.2) is 0 Å². The average Bonchev–Trinajstić information content (AvgIpc) is 3.40. The monoisotopic (exact) mass is 575 g/mol. The van der Waals surface area contributed by atoms with Crippen molar-refractivity contribution in [3.63, 3.8) is 0 Å². The summed E-state index contributed by atoms with van der Waals surface area (Å²) in [6.45, 7) is 12.2. The van der Waals surface area contributed by atoms with E-state index in [1.54, 1.807) is 7.05 Å². The van der Waals surface area contributed by atoms with Gasteiger partial charge in [-0.25, -0.2) is 18.1 Å². The average molecular weight is 576 g/mol. The number of aryl methyl sites for hydroxylation is 1. The van der Waals surface area contributed by atoms with Gasteiger partial charge < -0.3 is 15.0 Å². The van der Waals surface area contributed by atoms with Crippen molar-refractivity contribution in [2.75, 3.05) is 35.8 Å². The van der Waals surface area contributed by atoms with Crippen LogP contribution in [0.15, 0.2) is 65.8 Å². The molecule has 0 unspecified atom stereocenters. The van der Waals surface area contributed by atoms with Crippen molar-refractivity contribution >= 4 is 21.7 Å². The lowest BCUT2D eigenvalue weighted by Crippen LogP contribution is -2.43. The summed E-state index contributed by atoms with van der Waals surface area (Å²) in [7, 11) is -2.32. The predicted molar refractivity (Wildman–Crippen MR) is 161 cm³/mol. The van der Waals surface area contributed by atoms with E-state index in [-0.39, 0.29) is 16.3 Å². The smallest absolute Gasteiger partial charge is 0.267 e. The molecule has 1 fully saturated rings. The van der Waals surface area contributed by atoms with Crippen LogP contribution in [0.1, 0.15) is 38.8 Å². The summed E-state index contributed by atoms with van der Waals surface area (Å²) in [5, 5.41) is 7.37. The minimum atomic E-state index is -3.98. The summed E-state index contributed by atoms with van der Waals surface area (Å²) < 4.78 is 36.8. The van der Waals surface area contributed by atoms with E-state index >= 15 is 0 Å². The summed E-state index contributed by atoms with van der Waals surface area (Å²) in [4.78, 5) is 11.7.